The first-order valence-corrected chi connectivity index (χ1v) is 7.39. The monoisotopic (exact) mass is 304 g/mol. The third-order valence-corrected chi connectivity index (χ3v) is 4.07. The summed E-state index contributed by atoms with van der Waals surface area (Å²) in [6, 6.07) is 16.1. The van der Waals surface area contributed by atoms with Crippen LogP contribution in [-0.2, 0) is 0 Å². The number of nitrogens with zero attached hydrogens (tertiary/aromatic N) is 1. The van der Waals surface area contributed by atoms with Crippen molar-refractivity contribution in [3.63, 3.8) is 0 Å². The van der Waals surface area contributed by atoms with Crippen LogP contribution in [0.25, 0.3) is 33.1 Å². The molecule has 0 fully saturated rings. The summed E-state index contributed by atoms with van der Waals surface area (Å²) < 4.78 is 10.7. The summed E-state index contributed by atoms with van der Waals surface area (Å²) in [6.45, 7) is 0. The summed E-state index contributed by atoms with van der Waals surface area (Å²) in [4.78, 5) is 8.06. The Kier molecular flexibility index (Phi) is 3.15. The largest absolute Gasteiger partial charge is 0.493 e. The SMILES string of the molecule is COc1ccc(-c2cc3[nH]c4ccccc4c3cn2)cc1OC. The van der Waals surface area contributed by atoms with Crippen LogP contribution in [0.2, 0.25) is 0 Å². The minimum atomic E-state index is 0.698. The number of nitrogens with one attached hydrogen (secondary N) is 1. The summed E-state index contributed by atoms with van der Waals surface area (Å²) in [7, 11) is 3.27. The predicted octanol–water partition coefficient (Wildman–Crippen LogP) is 4.40. The molecule has 0 saturated heterocycles. The fraction of sp³-hybridized carbons (Fsp3) is 0.105. The molecule has 2 aromatic heterocycles. The molecule has 0 saturated carbocycles. The van der Waals surface area contributed by atoms with Crippen LogP contribution in [0.3, 0.4) is 0 Å². The van der Waals surface area contributed by atoms with Gasteiger partial charge in [0.1, 0.15) is 0 Å². The molecule has 0 aliphatic carbocycles. The van der Waals surface area contributed by atoms with E-state index >= 15 is 0 Å². The van der Waals surface area contributed by atoms with Crippen molar-refractivity contribution in [1.82, 2.24) is 9.97 Å². The molecule has 0 aliphatic rings. The van der Waals surface area contributed by atoms with Crippen molar-refractivity contribution in [2.75, 3.05) is 14.2 Å². The van der Waals surface area contributed by atoms with Gasteiger partial charge < -0.3 is 14.5 Å². The highest BCUT2D eigenvalue weighted by Gasteiger charge is 2.09. The predicted molar refractivity (Wildman–Crippen MR) is 92.1 cm³/mol. The van der Waals surface area contributed by atoms with E-state index in [0.29, 0.717) is 11.5 Å². The Labute approximate surface area is 133 Å². The molecule has 4 heteroatoms. The number of hydrogen-bond donors (Lipinski definition) is 1. The van der Waals surface area contributed by atoms with Gasteiger partial charge in [-0.25, -0.2) is 0 Å². The van der Waals surface area contributed by atoms with Crippen molar-refractivity contribution in [2.45, 2.75) is 0 Å². The molecular formula is C19H16N2O2. The zero-order valence-electron chi connectivity index (χ0n) is 13.0. The van der Waals surface area contributed by atoms with Gasteiger partial charge in [-0.05, 0) is 30.3 Å². The van der Waals surface area contributed by atoms with Crippen LogP contribution in [0.15, 0.2) is 54.7 Å². The third kappa shape index (κ3) is 2.19. The van der Waals surface area contributed by atoms with Crippen molar-refractivity contribution in [3.05, 3.63) is 54.7 Å². The van der Waals surface area contributed by atoms with Gasteiger partial charge in [0.15, 0.2) is 11.5 Å². The fourth-order valence-electron chi connectivity index (χ4n) is 2.90. The van der Waals surface area contributed by atoms with E-state index in [4.69, 9.17) is 9.47 Å². The van der Waals surface area contributed by atoms with E-state index in [1.807, 2.05) is 36.5 Å². The number of aromatic nitrogens is 2. The molecule has 4 nitrogen and oxygen atoms in total. The van der Waals surface area contributed by atoms with E-state index < -0.39 is 0 Å². The summed E-state index contributed by atoms with van der Waals surface area (Å²) in [5, 5.41) is 2.32. The molecule has 0 bridgehead atoms. The maximum Gasteiger partial charge on any atom is 0.161 e. The fourth-order valence-corrected chi connectivity index (χ4v) is 2.90. The first-order valence-electron chi connectivity index (χ1n) is 7.39. The quantitative estimate of drug-likeness (QED) is 0.610. The average Bonchev–Trinajstić information content (AvgIpc) is 2.98. The van der Waals surface area contributed by atoms with Gasteiger partial charge in [0.05, 0.1) is 25.4 Å². The van der Waals surface area contributed by atoms with E-state index in [0.717, 1.165) is 27.7 Å². The lowest BCUT2D eigenvalue weighted by Crippen LogP contribution is -1.91. The first kappa shape index (κ1) is 13.6. The summed E-state index contributed by atoms with van der Waals surface area (Å²) in [5.41, 5.74) is 4.08. The van der Waals surface area contributed by atoms with Crippen molar-refractivity contribution in [3.8, 4) is 22.8 Å². The third-order valence-electron chi connectivity index (χ3n) is 4.07. The van der Waals surface area contributed by atoms with E-state index in [1.165, 1.54) is 5.39 Å². The minimum absolute atomic E-state index is 0.698. The number of ether oxygens (including phenoxy) is 2. The van der Waals surface area contributed by atoms with E-state index in [-0.39, 0.29) is 0 Å². The van der Waals surface area contributed by atoms with Gasteiger partial charge in [-0.2, -0.15) is 0 Å². The lowest BCUT2D eigenvalue weighted by molar-refractivity contribution is 0.355. The maximum absolute atomic E-state index is 5.37. The molecule has 0 amide bonds. The normalized spacial score (nSPS) is 11.0. The lowest BCUT2D eigenvalue weighted by atomic mass is 10.1. The van der Waals surface area contributed by atoms with Crippen molar-refractivity contribution >= 4 is 21.8 Å². The zero-order chi connectivity index (χ0) is 15.8. The van der Waals surface area contributed by atoms with E-state index in [2.05, 4.69) is 28.2 Å². The Morgan fingerprint density at radius 1 is 0.826 bits per heavy atom. The van der Waals surface area contributed by atoms with Gasteiger partial charge in [-0.3, -0.25) is 4.98 Å². The Morgan fingerprint density at radius 2 is 1.65 bits per heavy atom. The van der Waals surface area contributed by atoms with E-state index in [9.17, 15) is 0 Å². The number of fused-ring (bicyclic) bond motifs is 3. The Balaban J connectivity index is 1.87. The molecular weight excluding hydrogens is 288 g/mol. The topological polar surface area (TPSA) is 47.1 Å². The number of para-hydroxylation sites is 1. The second-order valence-electron chi connectivity index (χ2n) is 5.36. The highest BCUT2D eigenvalue weighted by molar-refractivity contribution is 6.07. The second-order valence-corrected chi connectivity index (χ2v) is 5.36. The number of hydrogen-bond acceptors (Lipinski definition) is 3. The Bertz CT molecular complexity index is 1000. The van der Waals surface area contributed by atoms with Crippen molar-refractivity contribution in [2.24, 2.45) is 0 Å². The van der Waals surface area contributed by atoms with Crippen LogP contribution in [-0.4, -0.2) is 24.2 Å². The van der Waals surface area contributed by atoms with Crippen LogP contribution in [0.1, 0.15) is 0 Å². The molecule has 2 heterocycles. The summed E-state index contributed by atoms with van der Waals surface area (Å²) >= 11 is 0. The van der Waals surface area contributed by atoms with Gasteiger partial charge in [0.25, 0.3) is 0 Å². The minimum Gasteiger partial charge on any atom is -0.493 e. The lowest BCUT2D eigenvalue weighted by Gasteiger charge is -2.09. The summed E-state index contributed by atoms with van der Waals surface area (Å²) in [5.74, 6) is 1.41. The molecule has 114 valence electrons. The molecule has 4 aromatic rings. The van der Waals surface area contributed by atoms with Gasteiger partial charge >= 0.3 is 0 Å². The van der Waals surface area contributed by atoms with Crippen LogP contribution in [0.4, 0.5) is 0 Å². The number of aromatic amines is 1. The molecule has 4 rings (SSSR count). The smallest absolute Gasteiger partial charge is 0.161 e. The number of H-pyrrole nitrogens is 1. The summed E-state index contributed by atoms with van der Waals surface area (Å²) in [6.07, 6.45) is 1.92. The molecule has 2 aromatic carbocycles. The van der Waals surface area contributed by atoms with Gasteiger partial charge in [-0.15, -0.1) is 0 Å². The zero-order valence-corrected chi connectivity index (χ0v) is 13.0. The average molecular weight is 304 g/mol. The molecule has 0 aliphatic heterocycles. The number of benzene rings is 2. The molecule has 0 unspecified atom stereocenters. The maximum atomic E-state index is 5.37. The second kappa shape index (κ2) is 5.32. The van der Waals surface area contributed by atoms with Crippen LogP contribution in [0, 0.1) is 0 Å². The molecule has 0 spiro atoms. The first-order chi connectivity index (χ1) is 11.3. The van der Waals surface area contributed by atoms with Crippen molar-refractivity contribution in [1.29, 1.82) is 0 Å². The Morgan fingerprint density at radius 3 is 2.48 bits per heavy atom. The van der Waals surface area contributed by atoms with Gasteiger partial charge in [-0.1, -0.05) is 18.2 Å². The number of rotatable bonds is 3. The standard InChI is InChI=1S/C19H16N2O2/c1-22-18-8-7-12(9-19(18)23-2)16-10-17-14(11-20-16)13-5-3-4-6-15(13)21-17/h3-11,21H,1-2H3. The molecule has 0 radical (unpaired) electrons. The number of methoxy groups -OCH3 is 2. The molecule has 1 N–H and O–H groups in total. The van der Waals surface area contributed by atoms with Crippen molar-refractivity contribution < 1.29 is 9.47 Å². The van der Waals surface area contributed by atoms with Crippen LogP contribution < -0.4 is 9.47 Å². The Hall–Kier alpha value is -3.01. The number of pyridine rings is 1. The van der Waals surface area contributed by atoms with Crippen LogP contribution >= 0.6 is 0 Å². The molecule has 23 heavy (non-hydrogen) atoms. The van der Waals surface area contributed by atoms with Crippen LogP contribution in [0.5, 0.6) is 11.5 Å². The highest BCUT2D eigenvalue weighted by atomic mass is 16.5. The van der Waals surface area contributed by atoms with Gasteiger partial charge in [0.2, 0.25) is 0 Å². The van der Waals surface area contributed by atoms with Gasteiger partial charge in [0, 0.05) is 28.0 Å². The van der Waals surface area contributed by atoms with E-state index in [1.54, 1.807) is 14.2 Å². The molecule has 0 atom stereocenters. The highest BCUT2D eigenvalue weighted by Crippen LogP contribution is 2.33.